The molecular weight excluding hydrogens is 362 g/mol. The van der Waals surface area contributed by atoms with Crippen molar-refractivity contribution in [3.05, 3.63) is 59.7 Å². The molecule has 0 N–H and O–H groups in total. The Morgan fingerprint density at radius 1 is 1.04 bits per heavy atom. The van der Waals surface area contributed by atoms with Gasteiger partial charge in [0.2, 0.25) is 5.91 Å². The van der Waals surface area contributed by atoms with Crippen molar-refractivity contribution in [2.75, 3.05) is 20.8 Å². The van der Waals surface area contributed by atoms with Gasteiger partial charge in [0.15, 0.2) is 0 Å². The van der Waals surface area contributed by atoms with E-state index < -0.39 is 5.25 Å². The molecular formula is C21H23NO4S. The van der Waals surface area contributed by atoms with Gasteiger partial charge in [0.05, 0.1) is 19.5 Å². The van der Waals surface area contributed by atoms with Crippen LogP contribution in [0.15, 0.2) is 48.5 Å². The summed E-state index contributed by atoms with van der Waals surface area (Å²) in [4.78, 5) is 26.4. The molecule has 1 aliphatic rings. The molecule has 1 heterocycles. The molecule has 0 aromatic heterocycles. The second kappa shape index (κ2) is 8.95. The number of benzene rings is 2. The summed E-state index contributed by atoms with van der Waals surface area (Å²) in [5.74, 6) is 1.27. The number of nitrogens with zero attached hydrogens (tertiary/aromatic N) is 1. The van der Waals surface area contributed by atoms with Crippen LogP contribution in [0, 0.1) is 0 Å². The second-order valence-corrected chi connectivity index (χ2v) is 7.49. The summed E-state index contributed by atoms with van der Waals surface area (Å²) in [6, 6.07) is 15.6. The van der Waals surface area contributed by atoms with Gasteiger partial charge in [0.1, 0.15) is 11.5 Å². The maximum absolute atomic E-state index is 12.7. The van der Waals surface area contributed by atoms with E-state index in [9.17, 15) is 9.59 Å². The van der Waals surface area contributed by atoms with Gasteiger partial charge < -0.3 is 9.47 Å². The van der Waals surface area contributed by atoms with E-state index in [2.05, 4.69) is 12.1 Å². The molecule has 0 bridgehead atoms. The monoisotopic (exact) mass is 385 g/mol. The number of hydrogen-bond acceptors (Lipinski definition) is 5. The predicted octanol–water partition coefficient (Wildman–Crippen LogP) is 3.94. The lowest BCUT2D eigenvalue weighted by Gasteiger charge is -2.15. The minimum Gasteiger partial charge on any atom is -0.497 e. The molecule has 2 aromatic carbocycles. The van der Waals surface area contributed by atoms with E-state index in [1.54, 1.807) is 14.2 Å². The maximum atomic E-state index is 12.7. The highest BCUT2D eigenvalue weighted by Crippen LogP contribution is 2.33. The summed E-state index contributed by atoms with van der Waals surface area (Å²) in [5, 5.41) is -0.588. The fraction of sp³-hybridized carbons (Fsp3) is 0.333. The minimum absolute atomic E-state index is 0.122. The Bertz CT molecular complexity index is 809. The van der Waals surface area contributed by atoms with Crippen molar-refractivity contribution in [3.8, 4) is 11.5 Å². The highest BCUT2D eigenvalue weighted by molar-refractivity contribution is 8.15. The van der Waals surface area contributed by atoms with Crippen molar-refractivity contribution in [1.82, 2.24) is 4.90 Å². The van der Waals surface area contributed by atoms with Crippen molar-refractivity contribution in [3.63, 3.8) is 0 Å². The van der Waals surface area contributed by atoms with Crippen LogP contribution in [-0.2, 0) is 17.6 Å². The number of carbonyl (C=O) groups excluding carboxylic acids is 2. The number of hydrogen-bond donors (Lipinski definition) is 0. The molecule has 6 heteroatoms. The van der Waals surface area contributed by atoms with Crippen LogP contribution >= 0.6 is 11.8 Å². The number of aryl methyl sites for hydroxylation is 1. The summed E-state index contributed by atoms with van der Waals surface area (Å²) >= 11 is 1.10. The highest BCUT2D eigenvalue weighted by Gasteiger charge is 2.39. The van der Waals surface area contributed by atoms with Gasteiger partial charge in [-0.1, -0.05) is 42.1 Å². The van der Waals surface area contributed by atoms with Gasteiger partial charge >= 0.3 is 0 Å². The molecule has 1 atom stereocenters. The Balaban J connectivity index is 1.62. The zero-order valence-electron chi connectivity index (χ0n) is 15.5. The van der Waals surface area contributed by atoms with Gasteiger partial charge in [0, 0.05) is 6.54 Å². The van der Waals surface area contributed by atoms with E-state index in [-0.39, 0.29) is 11.1 Å². The lowest BCUT2D eigenvalue weighted by atomic mass is 10.1. The number of methoxy groups -OCH3 is 2. The summed E-state index contributed by atoms with van der Waals surface area (Å²) in [7, 11) is 3.19. The van der Waals surface area contributed by atoms with Gasteiger partial charge in [0.25, 0.3) is 5.24 Å². The molecule has 142 valence electrons. The Morgan fingerprint density at radius 3 is 2.52 bits per heavy atom. The molecule has 2 amide bonds. The van der Waals surface area contributed by atoms with Crippen LogP contribution in [0.4, 0.5) is 4.79 Å². The van der Waals surface area contributed by atoms with Crippen LogP contribution in [0.25, 0.3) is 0 Å². The molecule has 0 spiro atoms. The van der Waals surface area contributed by atoms with Crippen molar-refractivity contribution in [2.24, 2.45) is 0 Å². The standard InChI is InChI=1S/C21H23NO4S/c1-25-17-10-11-18(26-2)16(13-17)14-19-20(23)22(21(24)27-19)12-6-9-15-7-4-3-5-8-15/h3-5,7-8,10-11,13,19H,6,9,12,14H2,1-2H3/t19-/m0/s1. The lowest BCUT2D eigenvalue weighted by Crippen LogP contribution is -2.33. The summed E-state index contributed by atoms with van der Waals surface area (Å²) in [5.41, 5.74) is 2.07. The van der Waals surface area contributed by atoms with Gasteiger partial charge in [-0.05, 0) is 48.6 Å². The predicted molar refractivity (Wildman–Crippen MR) is 107 cm³/mol. The van der Waals surface area contributed by atoms with E-state index >= 15 is 0 Å². The molecule has 27 heavy (non-hydrogen) atoms. The molecule has 1 saturated heterocycles. The van der Waals surface area contributed by atoms with Crippen molar-refractivity contribution < 1.29 is 19.1 Å². The van der Waals surface area contributed by atoms with Crippen molar-refractivity contribution in [1.29, 1.82) is 0 Å². The Hall–Kier alpha value is -2.47. The topological polar surface area (TPSA) is 55.8 Å². The molecule has 1 aliphatic heterocycles. The third-order valence-corrected chi connectivity index (χ3v) is 5.66. The van der Waals surface area contributed by atoms with E-state index in [1.165, 1.54) is 10.5 Å². The third-order valence-electron chi connectivity index (χ3n) is 4.59. The van der Waals surface area contributed by atoms with E-state index in [4.69, 9.17) is 9.47 Å². The summed E-state index contributed by atoms with van der Waals surface area (Å²) in [6.45, 7) is 0.450. The van der Waals surface area contributed by atoms with Crippen LogP contribution in [0.5, 0.6) is 11.5 Å². The number of amides is 2. The third kappa shape index (κ3) is 4.63. The lowest BCUT2D eigenvalue weighted by molar-refractivity contribution is -0.126. The van der Waals surface area contributed by atoms with Crippen LogP contribution < -0.4 is 9.47 Å². The molecule has 5 nitrogen and oxygen atoms in total. The molecule has 0 radical (unpaired) electrons. The summed E-state index contributed by atoms with van der Waals surface area (Å²) < 4.78 is 10.6. The first-order valence-electron chi connectivity index (χ1n) is 8.89. The van der Waals surface area contributed by atoms with Crippen LogP contribution in [0.3, 0.4) is 0 Å². The fourth-order valence-corrected chi connectivity index (χ4v) is 4.20. The molecule has 0 aliphatic carbocycles. The zero-order chi connectivity index (χ0) is 19.2. The number of rotatable bonds is 8. The van der Waals surface area contributed by atoms with E-state index in [0.29, 0.717) is 24.5 Å². The Morgan fingerprint density at radius 2 is 1.81 bits per heavy atom. The van der Waals surface area contributed by atoms with Crippen LogP contribution in [-0.4, -0.2) is 42.1 Å². The minimum atomic E-state index is -0.421. The van der Waals surface area contributed by atoms with Gasteiger partial charge in [-0.25, -0.2) is 0 Å². The first kappa shape index (κ1) is 19.3. The first-order chi connectivity index (χ1) is 13.1. The molecule has 2 aromatic rings. The number of imide groups is 1. The maximum Gasteiger partial charge on any atom is 0.289 e. The Kier molecular flexibility index (Phi) is 6.40. The zero-order valence-corrected chi connectivity index (χ0v) is 16.3. The van der Waals surface area contributed by atoms with Gasteiger partial charge in [-0.15, -0.1) is 0 Å². The average molecular weight is 385 g/mol. The highest BCUT2D eigenvalue weighted by atomic mass is 32.2. The van der Waals surface area contributed by atoms with Gasteiger partial charge in [-0.2, -0.15) is 0 Å². The van der Waals surface area contributed by atoms with Crippen molar-refractivity contribution >= 4 is 22.9 Å². The summed E-state index contributed by atoms with van der Waals surface area (Å²) in [6.07, 6.45) is 2.04. The second-order valence-electron chi connectivity index (χ2n) is 6.33. The van der Waals surface area contributed by atoms with Crippen molar-refractivity contribution in [2.45, 2.75) is 24.5 Å². The van der Waals surface area contributed by atoms with E-state index in [0.717, 1.165) is 30.2 Å². The normalized spacial score (nSPS) is 16.7. The first-order valence-corrected chi connectivity index (χ1v) is 9.77. The van der Waals surface area contributed by atoms with Crippen LogP contribution in [0.1, 0.15) is 17.5 Å². The number of ether oxygens (including phenoxy) is 2. The molecule has 1 fully saturated rings. The van der Waals surface area contributed by atoms with Crippen LogP contribution in [0.2, 0.25) is 0 Å². The van der Waals surface area contributed by atoms with E-state index in [1.807, 2.05) is 36.4 Å². The Labute approximate surface area is 163 Å². The quantitative estimate of drug-likeness (QED) is 0.689. The molecule has 3 rings (SSSR count). The average Bonchev–Trinajstić information content (AvgIpc) is 2.96. The fourth-order valence-electron chi connectivity index (χ4n) is 3.16. The molecule has 0 unspecified atom stereocenters. The SMILES string of the molecule is COc1ccc(OC)c(C[C@@H]2SC(=O)N(CCCc3ccccc3)C2=O)c1. The largest absolute Gasteiger partial charge is 0.497 e. The van der Waals surface area contributed by atoms with Gasteiger partial charge in [-0.3, -0.25) is 14.5 Å². The number of carbonyl (C=O) groups is 2. The number of thioether (sulfide) groups is 1. The molecule has 0 saturated carbocycles. The smallest absolute Gasteiger partial charge is 0.289 e.